The minimum absolute atomic E-state index is 0.111. The molecule has 3 fully saturated rings. The number of benzene rings is 3. The van der Waals surface area contributed by atoms with E-state index in [0.717, 1.165) is 66.8 Å². The van der Waals surface area contributed by atoms with Crippen LogP contribution in [-0.2, 0) is 16.6 Å². The van der Waals surface area contributed by atoms with Crippen molar-refractivity contribution in [1.29, 1.82) is 0 Å². The van der Waals surface area contributed by atoms with Gasteiger partial charge in [0.05, 0.1) is 34.8 Å². The number of fused-ring (bicyclic) bond motifs is 4. The first kappa shape index (κ1) is 27.6. The van der Waals surface area contributed by atoms with Gasteiger partial charge in [-0.2, -0.15) is 0 Å². The zero-order valence-corrected chi connectivity index (χ0v) is 25.7. The molecule has 3 aliphatic rings. The van der Waals surface area contributed by atoms with Gasteiger partial charge in [-0.15, -0.1) is 0 Å². The number of piperidine rings is 2. The van der Waals surface area contributed by atoms with Gasteiger partial charge in [0.1, 0.15) is 5.82 Å². The van der Waals surface area contributed by atoms with Crippen molar-refractivity contribution in [3.63, 3.8) is 0 Å². The molecule has 2 unspecified atom stereocenters. The standard InChI is InChI=1S/C37H42N6O/c1-26-40-33-9-5-6-10-35(33)43(26)31-23-29-12-13-30(24-31)42(29)20-17-37(28-7-3-2-4-8-28)15-18-41(19-16-37)36(44)22-27-11-14-32-34(21-27)39-25-38-32/h2-11,14,21,25,29-31H,12-13,15-20,22-24H2,1H3,(H,38,39)/t29-,30?,31?/m1/s1. The van der Waals surface area contributed by atoms with E-state index in [1.807, 2.05) is 12.1 Å². The molecule has 226 valence electrons. The molecule has 3 aromatic carbocycles. The number of nitrogens with zero attached hydrogens (tertiary/aromatic N) is 5. The highest BCUT2D eigenvalue weighted by Gasteiger charge is 2.44. The highest BCUT2D eigenvalue weighted by atomic mass is 16.2. The van der Waals surface area contributed by atoms with E-state index in [-0.39, 0.29) is 11.3 Å². The zero-order valence-electron chi connectivity index (χ0n) is 25.7. The highest BCUT2D eigenvalue weighted by molar-refractivity contribution is 5.82. The van der Waals surface area contributed by atoms with Gasteiger partial charge >= 0.3 is 0 Å². The lowest BCUT2D eigenvalue weighted by Crippen LogP contribution is -2.49. The van der Waals surface area contributed by atoms with Crippen molar-refractivity contribution in [1.82, 2.24) is 29.3 Å². The smallest absolute Gasteiger partial charge is 0.226 e. The Balaban J connectivity index is 0.952. The molecule has 1 amide bonds. The summed E-state index contributed by atoms with van der Waals surface area (Å²) in [6.07, 6.45) is 10.4. The number of H-pyrrole nitrogens is 1. The van der Waals surface area contributed by atoms with Gasteiger partial charge in [0, 0.05) is 31.2 Å². The van der Waals surface area contributed by atoms with Gasteiger partial charge < -0.3 is 14.5 Å². The number of para-hydroxylation sites is 2. The van der Waals surface area contributed by atoms with Crippen LogP contribution in [0, 0.1) is 6.92 Å². The fourth-order valence-electron chi connectivity index (χ4n) is 8.83. The van der Waals surface area contributed by atoms with E-state index in [2.05, 4.69) is 91.9 Å². The predicted molar refractivity (Wildman–Crippen MR) is 175 cm³/mol. The van der Waals surface area contributed by atoms with Gasteiger partial charge in [-0.3, -0.25) is 9.69 Å². The summed E-state index contributed by atoms with van der Waals surface area (Å²) in [5.41, 5.74) is 6.94. The van der Waals surface area contributed by atoms with Crippen molar-refractivity contribution < 1.29 is 4.79 Å². The topological polar surface area (TPSA) is 70.1 Å². The van der Waals surface area contributed by atoms with Gasteiger partial charge in [0.2, 0.25) is 5.91 Å². The van der Waals surface area contributed by atoms with Crippen molar-refractivity contribution in [3.05, 3.63) is 96.1 Å². The number of imidazole rings is 2. The monoisotopic (exact) mass is 586 g/mol. The summed E-state index contributed by atoms with van der Waals surface area (Å²) in [6.45, 7) is 4.95. The fourth-order valence-corrected chi connectivity index (χ4v) is 8.83. The second-order valence-corrected chi connectivity index (χ2v) is 13.5. The van der Waals surface area contributed by atoms with Gasteiger partial charge in [0.15, 0.2) is 0 Å². The number of hydrogen-bond acceptors (Lipinski definition) is 4. The average Bonchev–Trinajstić information content (AvgIpc) is 3.72. The minimum atomic E-state index is 0.111. The Bertz CT molecular complexity index is 1770. The Morgan fingerprint density at radius 1 is 0.909 bits per heavy atom. The van der Waals surface area contributed by atoms with E-state index < -0.39 is 0 Å². The van der Waals surface area contributed by atoms with Crippen LogP contribution in [0.3, 0.4) is 0 Å². The number of aromatic amines is 1. The molecule has 5 aromatic rings. The zero-order chi connectivity index (χ0) is 29.7. The van der Waals surface area contributed by atoms with Gasteiger partial charge in [-0.05, 0) is 99.2 Å². The molecule has 44 heavy (non-hydrogen) atoms. The van der Waals surface area contributed by atoms with Crippen molar-refractivity contribution in [2.45, 2.75) is 81.8 Å². The molecule has 3 saturated heterocycles. The minimum Gasteiger partial charge on any atom is -0.345 e. The lowest BCUT2D eigenvalue weighted by molar-refractivity contribution is -0.132. The third-order valence-corrected chi connectivity index (χ3v) is 11.1. The maximum absolute atomic E-state index is 13.4. The molecule has 2 aromatic heterocycles. The summed E-state index contributed by atoms with van der Waals surface area (Å²) < 4.78 is 2.53. The van der Waals surface area contributed by atoms with E-state index >= 15 is 0 Å². The van der Waals surface area contributed by atoms with Crippen LogP contribution in [0.15, 0.2) is 79.1 Å². The first-order chi connectivity index (χ1) is 21.6. The first-order valence-electron chi connectivity index (χ1n) is 16.5. The number of likely N-dealkylation sites (tertiary alicyclic amines) is 1. The number of aromatic nitrogens is 4. The normalized spacial score (nSPS) is 23.5. The van der Waals surface area contributed by atoms with E-state index in [4.69, 9.17) is 4.98 Å². The van der Waals surface area contributed by atoms with E-state index in [9.17, 15) is 4.79 Å². The molecule has 0 saturated carbocycles. The predicted octanol–water partition coefficient (Wildman–Crippen LogP) is 6.58. The number of rotatable bonds is 7. The number of carbonyl (C=O) groups is 1. The van der Waals surface area contributed by atoms with E-state index in [1.54, 1.807) is 6.33 Å². The van der Waals surface area contributed by atoms with Gasteiger partial charge in [-0.1, -0.05) is 48.5 Å². The maximum atomic E-state index is 13.4. The molecule has 5 heterocycles. The summed E-state index contributed by atoms with van der Waals surface area (Å²) in [7, 11) is 0. The number of amides is 1. The molecule has 1 N–H and O–H groups in total. The van der Waals surface area contributed by atoms with Gasteiger partial charge in [0.25, 0.3) is 0 Å². The number of nitrogens with one attached hydrogen (secondary N) is 1. The quantitative estimate of drug-likeness (QED) is 0.234. The fraction of sp³-hybridized carbons (Fsp3) is 0.432. The molecular formula is C37H42N6O. The highest BCUT2D eigenvalue weighted by Crippen LogP contribution is 2.45. The van der Waals surface area contributed by atoms with Crippen LogP contribution in [0.2, 0.25) is 0 Å². The number of carbonyl (C=O) groups excluding carboxylic acids is 1. The third kappa shape index (κ3) is 4.91. The molecule has 7 nitrogen and oxygen atoms in total. The van der Waals surface area contributed by atoms with Crippen LogP contribution < -0.4 is 0 Å². The Kier molecular flexibility index (Phi) is 7.01. The molecule has 8 rings (SSSR count). The summed E-state index contributed by atoms with van der Waals surface area (Å²) in [4.78, 5) is 30.7. The Hall–Kier alpha value is -3.97. The third-order valence-electron chi connectivity index (χ3n) is 11.1. The summed E-state index contributed by atoms with van der Waals surface area (Å²) in [5.74, 6) is 1.38. The second kappa shape index (κ2) is 11.2. The molecule has 2 bridgehead atoms. The summed E-state index contributed by atoms with van der Waals surface area (Å²) >= 11 is 0. The lowest BCUT2D eigenvalue weighted by atomic mass is 9.70. The number of hydrogen-bond donors (Lipinski definition) is 1. The van der Waals surface area contributed by atoms with Gasteiger partial charge in [-0.25, -0.2) is 9.97 Å². The lowest BCUT2D eigenvalue weighted by Gasteiger charge is -2.45. The largest absolute Gasteiger partial charge is 0.345 e. The SMILES string of the molecule is Cc1nc2ccccc2n1C1CC2CC[C@H](C1)N2CCC1(c2ccccc2)CCN(C(=O)Cc2ccc3nc[nH]c3c2)CC1. The van der Waals surface area contributed by atoms with Crippen LogP contribution in [0.5, 0.6) is 0 Å². The maximum Gasteiger partial charge on any atom is 0.226 e. The summed E-state index contributed by atoms with van der Waals surface area (Å²) in [5, 5.41) is 0. The van der Waals surface area contributed by atoms with Crippen LogP contribution in [0.1, 0.15) is 67.9 Å². The first-order valence-corrected chi connectivity index (χ1v) is 16.5. The van der Waals surface area contributed by atoms with Crippen molar-refractivity contribution in [2.24, 2.45) is 0 Å². The number of aryl methyl sites for hydroxylation is 1. The molecule has 0 spiro atoms. The van der Waals surface area contributed by atoms with Crippen LogP contribution in [0.4, 0.5) is 0 Å². The average molecular weight is 587 g/mol. The van der Waals surface area contributed by atoms with E-state index in [1.165, 1.54) is 36.8 Å². The van der Waals surface area contributed by atoms with Crippen molar-refractivity contribution >= 4 is 28.0 Å². The molecule has 7 heteroatoms. The molecule has 0 radical (unpaired) electrons. The van der Waals surface area contributed by atoms with Crippen molar-refractivity contribution in [2.75, 3.05) is 19.6 Å². The summed E-state index contributed by atoms with van der Waals surface area (Å²) in [6, 6.07) is 27.7. The van der Waals surface area contributed by atoms with E-state index in [0.29, 0.717) is 24.5 Å². The van der Waals surface area contributed by atoms with Crippen molar-refractivity contribution in [3.8, 4) is 0 Å². The van der Waals surface area contributed by atoms with Crippen LogP contribution >= 0.6 is 0 Å². The Labute approximate surface area is 259 Å². The molecule has 3 aliphatic heterocycles. The molecule has 0 aliphatic carbocycles. The molecular weight excluding hydrogens is 544 g/mol. The Morgan fingerprint density at radius 3 is 2.45 bits per heavy atom. The van der Waals surface area contributed by atoms with Crippen LogP contribution in [0.25, 0.3) is 22.1 Å². The van der Waals surface area contributed by atoms with Crippen LogP contribution in [-0.4, -0.2) is 66.9 Å². The molecule has 3 atom stereocenters. The second-order valence-electron chi connectivity index (χ2n) is 13.5. The Morgan fingerprint density at radius 2 is 1.66 bits per heavy atom.